The van der Waals surface area contributed by atoms with Gasteiger partial charge in [-0.25, -0.2) is 4.79 Å². The summed E-state index contributed by atoms with van der Waals surface area (Å²) < 4.78 is 5.24. The van der Waals surface area contributed by atoms with E-state index in [1.807, 2.05) is 34.6 Å². The number of hydrogen-bond donors (Lipinski definition) is 1. The first-order valence-corrected chi connectivity index (χ1v) is 7.44. The maximum Gasteiger partial charge on any atom is 0.336 e. The van der Waals surface area contributed by atoms with Crippen molar-refractivity contribution < 1.29 is 9.53 Å². The number of nitrogens with two attached hydrogens (primary N) is 1. The van der Waals surface area contributed by atoms with Gasteiger partial charge in [0.15, 0.2) is 0 Å². The van der Waals surface area contributed by atoms with Gasteiger partial charge < -0.3 is 10.5 Å². The van der Waals surface area contributed by atoms with E-state index in [4.69, 9.17) is 10.5 Å². The molecule has 0 aromatic carbocycles. The minimum atomic E-state index is -0.471. The molecule has 0 heterocycles. The van der Waals surface area contributed by atoms with E-state index in [9.17, 15) is 4.79 Å². The number of carbonyl (C=O) groups is 1. The largest absolute Gasteiger partial charge is 0.457 e. The van der Waals surface area contributed by atoms with Crippen LogP contribution in [0, 0.1) is 5.92 Å². The molecule has 3 nitrogen and oxygen atoms in total. The number of ether oxygens (including phenoxy) is 1. The van der Waals surface area contributed by atoms with Crippen LogP contribution in [0.2, 0.25) is 0 Å². The molecule has 4 heteroatoms. The zero-order valence-corrected chi connectivity index (χ0v) is 13.9. The normalized spacial score (nSPS) is 12.5. The van der Waals surface area contributed by atoms with E-state index in [0.29, 0.717) is 16.5 Å². The Morgan fingerprint density at radius 3 is 2.06 bits per heavy atom. The second kappa shape index (κ2) is 9.31. The Balaban J connectivity index is 0. The third kappa shape index (κ3) is 10.5. The first kappa shape index (κ1) is 19.7. The third-order valence-corrected chi connectivity index (χ3v) is 3.10. The van der Waals surface area contributed by atoms with Crippen molar-refractivity contribution in [2.45, 2.75) is 61.0 Å². The number of thioether (sulfide) groups is 1. The lowest BCUT2D eigenvalue weighted by atomic mass is 10.2. The predicted octanol–water partition coefficient (Wildman–Crippen LogP) is 3.93. The zero-order chi connectivity index (χ0) is 14.9. The van der Waals surface area contributed by atoms with E-state index in [2.05, 4.69) is 13.8 Å². The van der Waals surface area contributed by atoms with Crippen molar-refractivity contribution in [1.82, 2.24) is 0 Å². The fourth-order valence-corrected chi connectivity index (χ4v) is 1.63. The monoisotopic (exact) mass is 275 g/mol. The highest BCUT2D eigenvalue weighted by molar-refractivity contribution is 8.03. The number of hydrogen-bond acceptors (Lipinski definition) is 4. The smallest absolute Gasteiger partial charge is 0.336 e. The summed E-state index contributed by atoms with van der Waals surface area (Å²) in [6.07, 6.45) is 0. The molecule has 108 valence electrons. The van der Waals surface area contributed by atoms with Crippen molar-refractivity contribution in [2.24, 2.45) is 11.7 Å². The average molecular weight is 275 g/mol. The molecule has 0 aliphatic heterocycles. The van der Waals surface area contributed by atoms with Crippen molar-refractivity contribution in [1.29, 1.82) is 0 Å². The van der Waals surface area contributed by atoms with Crippen LogP contribution in [0.25, 0.3) is 0 Å². The molecule has 0 aromatic heterocycles. The summed E-state index contributed by atoms with van der Waals surface area (Å²) in [4.78, 5) is 11.7. The van der Waals surface area contributed by atoms with Gasteiger partial charge in [-0.2, -0.15) is 0 Å². The molecule has 0 unspecified atom stereocenters. The molecule has 0 fully saturated rings. The van der Waals surface area contributed by atoms with Crippen molar-refractivity contribution in [3.8, 4) is 0 Å². The van der Waals surface area contributed by atoms with Crippen LogP contribution in [0.3, 0.4) is 0 Å². The molecule has 18 heavy (non-hydrogen) atoms. The van der Waals surface area contributed by atoms with Crippen LogP contribution < -0.4 is 5.73 Å². The number of rotatable bonds is 4. The minimum Gasteiger partial charge on any atom is -0.457 e. The molecule has 0 aliphatic carbocycles. The lowest BCUT2D eigenvalue weighted by Gasteiger charge is -2.20. The molecule has 0 spiro atoms. The molecular weight excluding hydrogens is 246 g/mol. The Morgan fingerprint density at radius 1 is 1.28 bits per heavy atom. The lowest BCUT2D eigenvalue weighted by molar-refractivity contribution is -0.149. The SMILES string of the molecule is C/C(C(=O)OC(C)(C)C)=C(/N)SCC(C)C.CC. The van der Waals surface area contributed by atoms with E-state index >= 15 is 0 Å². The standard InChI is InChI=1S/C12H23NO2S.C2H6/c1-8(2)7-16-10(13)9(3)11(14)15-12(4,5)6;1-2/h8H,7,13H2,1-6H3;1-2H3/b10-9+;. The molecular formula is C14H29NO2S. The Morgan fingerprint density at radius 2 is 1.72 bits per heavy atom. The van der Waals surface area contributed by atoms with Gasteiger partial charge in [0, 0.05) is 5.75 Å². The van der Waals surface area contributed by atoms with Gasteiger partial charge in [0.1, 0.15) is 5.60 Å². The first-order valence-electron chi connectivity index (χ1n) is 6.46. The number of esters is 1. The molecule has 0 atom stereocenters. The van der Waals surface area contributed by atoms with Crippen molar-refractivity contribution in [3.63, 3.8) is 0 Å². The summed E-state index contributed by atoms with van der Waals surface area (Å²) in [5.41, 5.74) is 5.86. The summed E-state index contributed by atoms with van der Waals surface area (Å²) in [5, 5.41) is 0.558. The van der Waals surface area contributed by atoms with Crippen LogP contribution in [-0.2, 0) is 9.53 Å². The fourth-order valence-electron chi connectivity index (χ4n) is 0.820. The summed E-state index contributed by atoms with van der Waals surface area (Å²) in [7, 11) is 0. The van der Waals surface area contributed by atoms with Crippen LogP contribution in [0.5, 0.6) is 0 Å². The average Bonchev–Trinajstić information content (AvgIpc) is 2.25. The summed E-state index contributed by atoms with van der Waals surface area (Å²) in [6, 6.07) is 0. The summed E-state index contributed by atoms with van der Waals surface area (Å²) in [6.45, 7) is 15.5. The van der Waals surface area contributed by atoms with Crippen molar-refractivity contribution in [2.75, 3.05) is 5.75 Å². The summed E-state index contributed by atoms with van der Waals surface area (Å²) in [5.74, 6) is 1.13. The van der Waals surface area contributed by atoms with Gasteiger partial charge in [-0.15, -0.1) is 11.8 Å². The molecule has 0 saturated carbocycles. The van der Waals surface area contributed by atoms with Crippen LogP contribution in [0.4, 0.5) is 0 Å². The second-order valence-electron chi connectivity index (χ2n) is 5.20. The third-order valence-electron chi connectivity index (χ3n) is 1.65. The van der Waals surface area contributed by atoms with Crippen LogP contribution in [-0.4, -0.2) is 17.3 Å². The molecule has 0 saturated heterocycles. The van der Waals surface area contributed by atoms with Crippen LogP contribution in [0.1, 0.15) is 55.4 Å². The molecule has 2 N–H and O–H groups in total. The highest BCUT2D eigenvalue weighted by Crippen LogP contribution is 2.20. The molecule has 0 amide bonds. The highest BCUT2D eigenvalue weighted by Gasteiger charge is 2.19. The van der Waals surface area contributed by atoms with Gasteiger partial charge in [-0.05, 0) is 33.6 Å². The van der Waals surface area contributed by atoms with Gasteiger partial charge in [-0.1, -0.05) is 27.7 Å². The number of carbonyl (C=O) groups excluding carboxylic acids is 1. The molecule has 0 aliphatic rings. The Labute approximate surface area is 117 Å². The van der Waals surface area contributed by atoms with E-state index in [1.54, 1.807) is 6.92 Å². The molecule has 0 rings (SSSR count). The van der Waals surface area contributed by atoms with Gasteiger partial charge >= 0.3 is 5.97 Å². The Kier molecular flexibility index (Phi) is 10.2. The van der Waals surface area contributed by atoms with Crippen molar-refractivity contribution in [3.05, 3.63) is 10.6 Å². The maximum atomic E-state index is 11.7. The van der Waals surface area contributed by atoms with Gasteiger partial charge in [0.2, 0.25) is 0 Å². The Bertz CT molecular complexity index is 278. The molecule has 0 aromatic rings. The quantitative estimate of drug-likeness (QED) is 0.624. The maximum absolute atomic E-state index is 11.7. The van der Waals surface area contributed by atoms with E-state index in [-0.39, 0.29) is 5.97 Å². The molecule has 0 radical (unpaired) electrons. The predicted molar refractivity (Wildman–Crippen MR) is 81.4 cm³/mol. The van der Waals surface area contributed by atoms with Gasteiger partial charge in [0.25, 0.3) is 0 Å². The van der Waals surface area contributed by atoms with Gasteiger partial charge in [-0.3, -0.25) is 0 Å². The Hall–Kier alpha value is -0.640. The van der Waals surface area contributed by atoms with Gasteiger partial charge in [0.05, 0.1) is 10.6 Å². The van der Waals surface area contributed by atoms with Crippen molar-refractivity contribution >= 4 is 17.7 Å². The van der Waals surface area contributed by atoms with E-state index < -0.39 is 5.60 Å². The highest BCUT2D eigenvalue weighted by atomic mass is 32.2. The topological polar surface area (TPSA) is 52.3 Å². The lowest BCUT2D eigenvalue weighted by Crippen LogP contribution is -2.25. The molecule has 0 bridgehead atoms. The first-order chi connectivity index (χ1) is 8.13. The van der Waals surface area contributed by atoms with Crippen LogP contribution >= 0.6 is 11.8 Å². The minimum absolute atomic E-state index is 0.332. The van der Waals surface area contributed by atoms with E-state index in [0.717, 1.165) is 5.75 Å². The van der Waals surface area contributed by atoms with E-state index in [1.165, 1.54) is 11.8 Å². The fraction of sp³-hybridized carbons (Fsp3) is 0.786. The van der Waals surface area contributed by atoms with Crippen LogP contribution in [0.15, 0.2) is 10.6 Å². The second-order valence-corrected chi connectivity index (χ2v) is 6.26. The zero-order valence-electron chi connectivity index (χ0n) is 13.1. The summed E-state index contributed by atoms with van der Waals surface area (Å²) >= 11 is 1.50.